The number of amides is 1. The number of carbonyl (C=O) groups excluding carboxylic acids is 1. The largest absolute Gasteiger partial charge is 0.497 e. The summed E-state index contributed by atoms with van der Waals surface area (Å²) in [4.78, 5) is 24.5. The molecule has 3 aromatic rings. The molecule has 0 fully saturated rings. The molecule has 1 N–H and O–H groups in total. The van der Waals surface area contributed by atoms with Crippen LogP contribution in [0, 0.1) is 0 Å². The minimum absolute atomic E-state index is 0.00912. The number of methoxy groups -OCH3 is 1. The first-order chi connectivity index (χ1) is 13.0. The van der Waals surface area contributed by atoms with Gasteiger partial charge in [0.25, 0.3) is 5.91 Å². The molecule has 1 aromatic heterocycles. The zero-order chi connectivity index (χ0) is 19.4. The van der Waals surface area contributed by atoms with Gasteiger partial charge < -0.3 is 19.2 Å². The maximum Gasteiger partial charge on any atom is 0.337 e. The second kappa shape index (κ2) is 7.95. The number of benzene rings is 2. The van der Waals surface area contributed by atoms with Crippen LogP contribution in [0.5, 0.6) is 11.5 Å². The second-order valence-corrected chi connectivity index (χ2v) is 6.33. The van der Waals surface area contributed by atoms with Gasteiger partial charge in [0.2, 0.25) is 0 Å². The fourth-order valence-corrected chi connectivity index (χ4v) is 2.70. The zero-order valence-corrected chi connectivity index (χ0v) is 15.4. The summed E-state index contributed by atoms with van der Waals surface area (Å²) in [5, 5.41) is 3.38. The van der Waals surface area contributed by atoms with E-state index in [0.717, 1.165) is 11.3 Å². The molecule has 0 radical (unpaired) electrons. The third-order valence-corrected chi connectivity index (χ3v) is 3.94. The van der Waals surface area contributed by atoms with E-state index in [1.54, 1.807) is 25.3 Å². The summed E-state index contributed by atoms with van der Waals surface area (Å²) in [6.07, 6.45) is -0.00912. The molecule has 0 spiro atoms. The van der Waals surface area contributed by atoms with Crippen LogP contribution in [0.1, 0.15) is 29.8 Å². The van der Waals surface area contributed by atoms with Crippen LogP contribution in [0.15, 0.2) is 57.7 Å². The monoisotopic (exact) mass is 367 g/mol. The van der Waals surface area contributed by atoms with Crippen LogP contribution >= 0.6 is 0 Å². The van der Waals surface area contributed by atoms with Crippen molar-refractivity contribution in [3.8, 4) is 11.5 Å². The Hall–Kier alpha value is -3.28. The number of hydrogen-bond acceptors (Lipinski definition) is 5. The van der Waals surface area contributed by atoms with E-state index in [9.17, 15) is 9.59 Å². The van der Waals surface area contributed by atoms with Crippen LogP contribution < -0.4 is 20.4 Å². The molecule has 1 amide bonds. The molecule has 0 unspecified atom stereocenters. The summed E-state index contributed by atoms with van der Waals surface area (Å²) in [6, 6.07) is 13.7. The van der Waals surface area contributed by atoms with Gasteiger partial charge in [-0.2, -0.15) is 0 Å². The minimum atomic E-state index is -0.584. The molecule has 27 heavy (non-hydrogen) atoms. The summed E-state index contributed by atoms with van der Waals surface area (Å²) >= 11 is 0. The highest BCUT2D eigenvalue weighted by Gasteiger charge is 2.14. The average Bonchev–Trinajstić information content (AvgIpc) is 2.65. The maximum atomic E-state index is 12.6. The number of fused-ring (bicyclic) bond motifs is 1. The first kappa shape index (κ1) is 18.5. The third-order valence-electron chi connectivity index (χ3n) is 3.94. The summed E-state index contributed by atoms with van der Waals surface area (Å²) < 4.78 is 16.0. The lowest BCUT2D eigenvalue weighted by molar-refractivity contribution is 0.0952. The number of rotatable bonds is 6. The van der Waals surface area contributed by atoms with Gasteiger partial charge in [0, 0.05) is 24.1 Å². The Morgan fingerprint density at radius 1 is 1.07 bits per heavy atom. The Morgan fingerprint density at radius 2 is 1.78 bits per heavy atom. The first-order valence-corrected chi connectivity index (χ1v) is 8.62. The third kappa shape index (κ3) is 4.47. The van der Waals surface area contributed by atoms with Crippen LogP contribution in [0.3, 0.4) is 0 Å². The zero-order valence-electron chi connectivity index (χ0n) is 15.4. The van der Waals surface area contributed by atoms with Crippen LogP contribution in [0.25, 0.3) is 11.0 Å². The second-order valence-electron chi connectivity index (χ2n) is 6.33. The standard InChI is InChI=1S/C21H21NO5/c1-13(2)26-16-8-9-17-18(11-20(23)27-19(17)10-16)21(24)22-12-14-4-6-15(25-3)7-5-14/h4-11,13H,12H2,1-3H3,(H,22,24). The van der Waals surface area contributed by atoms with Crippen LogP contribution in [-0.2, 0) is 6.54 Å². The van der Waals surface area contributed by atoms with Crippen molar-refractivity contribution in [2.75, 3.05) is 7.11 Å². The number of carbonyl (C=O) groups is 1. The summed E-state index contributed by atoms with van der Waals surface area (Å²) in [7, 11) is 1.60. The molecule has 0 bridgehead atoms. The van der Waals surface area contributed by atoms with E-state index in [-0.39, 0.29) is 17.6 Å². The van der Waals surface area contributed by atoms with Gasteiger partial charge in [0.1, 0.15) is 17.1 Å². The van der Waals surface area contributed by atoms with Crippen molar-refractivity contribution >= 4 is 16.9 Å². The highest BCUT2D eigenvalue weighted by Crippen LogP contribution is 2.23. The first-order valence-electron chi connectivity index (χ1n) is 8.62. The van der Waals surface area contributed by atoms with E-state index in [4.69, 9.17) is 13.9 Å². The lowest BCUT2D eigenvalue weighted by Crippen LogP contribution is -2.24. The van der Waals surface area contributed by atoms with Crippen molar-refractivity contribution in [1.29, 1.82) is 0 Å². The SMILES string of the molecule is COc1ccc(CNC(=O)c2cc(=O)oc3cc(OC(C)C)ccc23)cc1. The van der Waals surface area contributed by atoms with Crippen molar-refractivity contribution in [3.05, 3.63) is 70.1 Å². The van der Waals surface area contributed by atoms with Crippen molar-refractivity contribution in [2.24, 2.45) is 0 Å². The Labute approximate surface area is 156 Å². The Morgan fingerprint density at radius 3 is 2.44 bits per heavy atom. The summed E-state index contributed by atoms with van der Waals surface area (Å²) in [6.45, 7) is 4.14. The minimum Gasteiger partial charge on any atom is -0.497 e. The highest BCUT2D eigenvalue weighted by atomic mass is 16.5. The topological polar surface area (TPSA) is 77.8 Å². The fraction of sp³-hybridized carbons (Fsp3) is 0.238. The molecule has 0 atom stereocenters. The van der Waals surface area contributed by atoms with E-state index in [2.05, 4.69) is 5.32 Å². The molecule has 3 rings (SSSR count). The van der Waals surface area contributed by atoms with Crippen molar-refractivity contribution in [3.63, 3.8) is 0 Å². The molecule has 140 valence electrons. The van der Waals surface area contributed by atoms with Gasteiger partial charge in [0.15, 0.2) is 0 Å². The van der Waals surface area contributed by atoms with Gasteiger partial charge in [-0.1, -0.05) is 12.1 Å². The molecule has 1 heterocycles. The van der Waals surface area contributed by atoms with E-state index < -0.39 is 5.63 Å². The Balaban J connectivity index is 1.83. The van der Waals surface area contributed by atoms with Gasteiger partial charge in [-0.25, -0.2) is 4.79 Å². The van der Waals surface area contributed by atoms with Crippen molar-refractivity contribution < 1.29 is 18.7 Å². The lowest BCUT2D eigenvalue weighted by Gasteiger charge is -2.11. The van der Waals surface area contributed by atoms with Crippen LogP contribution in [0.2, 0.25) is 0 Å². The molecule has 0 aliphatic heterocycles. The molecule has 6 heteroatoms. The molecular formula is C21H21NO5. The molecule has 0 saturated heterocycles. The van der Waals surface area contributed by atoms with E-state index in [1.165, 1.54) is 6.07 Å². The van der Waals surface area contributed by atoms with Gasteiger partial charge in [-0.3, -0.25) is 4.79 Å². The highest BCUT2D eigenvalue weighted by molar-refractivity contribution is 6.05. The van der Waals surface area contributed by atoms with Crippen LogP contribution in [-0.4, -0.2) is 19.1 Å². The van der Waals surface area contributed by atoms with Crippen LogP contribution in [0.4, 0.5) is 0 Å². The molecule has 6 nitrogen and oxygen atoms in total. The Kier molecular flexibility index (Phi) is 5.45. The molecular weight excluding hydrogens is 346 g/mol. The summed E-state index contributed by atoms with van der Waals surface area (Å²) in [5.74, 6) is 0.980. The maximum absolute atomic E-state index is 12.6. The fourth-order valence-electron chi connectivity index (χ4n) is 2.70. The van der Waals surface area contributed by atoms with Gasteiger partial charge in [-0.15, -0.1) is 0 Å². The van der Waals surface area contributed by atoms with Gasteiger partial charge in [0.05, 0.1) is 18.8 Å². The van der Waals surface area contributed by atoms with Gasteiger partial charge in [-0.05, 0) is 43.7 Å². The quantitative estimate of drug-likeness (QED) is 0.675. The molecule has 0 saturated carbocycles. The predicted octanol–water partition coefficient (Wildman–Crippen LogP) is 3.52. The number of nitrogens with one attached hydrogen (secondary N) is 1. The predicted molar refractivity (Wildman–Crippen MR) is 102 cm³/mol. The Bertz CT molecular complexity index is 1010. The van der Waals surface area contributed by atoms with Crippen molar-refractivity contribution in [2.45, 2.75) is 26.5 Å². The lowest BCUT2D eigenvalue weighted by atomic mass is 10.1. The number of hydrogen-bond donors (Lipinski definition) is 1. The number of ether oxygens (including phenoxy) is 2. The molecule has 2 aromatic carbocycles. The smallest absolute Gasteiger partial charge is 0.337 e. The molecule has 0 aliphatic rings. The van der Waals surface area contributed by atoms with E-state index >= 15 is 0 Å². The molecule has 0 aliphatic carbocycles. The van der Waals surface area contributed by atoms with Crippen molar-refractivity contribution in [1.82, 2.24) is 5.32 Å². The normalized spacial score (nSPS) is 10.8. The van der Waals surface area contributed by atoms with E-state index in [1.807, 2.05) is 38.1 Å². The summed E-state index contributed by atoms with van der Waals surface area (Å²) in [5.41, 5.74) is 0.920. The van der Waals surface area contributed by atoms with E-state index in [0.29, 0.717) is 23.3 Å². The average molecular weight is 367 g/mol. The van der Waals surface area contributed by atoms with Gasteiger partial charge >= 0.3 is 5.63 Å².